The average Bonchev–Trinajstić information content (AvgIpc) is 3.34. The van der Waals surface area contributed by atoms with Gasteiger partial charge in [-0.3, -0.25) is 0 Å². The molecule has 0 spiro atoms. The van der Waals surface area contributed by atoms with Crippen molar-refractivity contribution in [1.29, 1.82) is 0 Å². The summed E-state index contributed by atoms with van der Waals surface area (Å²) in [5, 5.41) is 0. The molecule has 0 amide bonds. The van der Waals surface area contributed by atoms with Crippen LogP contribution in [0.1, 0.15) is 33.9 Å². The molecule has 0 saturated carbocycles. The summed E-state index contributed by atoms with van der Waals surface area (Å²) < 4.78 is 5.57. The van der Waals surface area contributed by atoms with Crippen LogP contribution in [0, 0.1) is 13.8 Å². The maximum atomic E-state index is 5.57. The number of benzene rings is 3. The van der Waals surface area contributed by atoms with Crippen LogP contribution in [0.3, 0.4) is 0 Å². The highest BCUT2D eigenvalue weighted by Gasteiger charge is 2.25. The summed E-state index contributed by atoms with van der Waals surface area (Å²) in [6.07, 6.45) is 6.38. The summed E-state index contributed by atoms with van der Waals surface area (Å²) in [4.78, 5) is 0. The van der Waals surface area contributed by atoms with Crippen LogP contribution in [0.5, 0.6) is 0 Å². The Bertz CT molecular complexity index is 1180. The smallest absolute Gasteiger partial charge is 0.104 e. The Morgan fingerprint density at radius 3 is 2.21 bits per heavy atom. The minimum Gasteiger partial charge on any atom is -0.469 e. The van der Waals surface area contributed by atoms with E-state index in [4.69, 9.17) is 4.42 Å². The Morgan fingerprint density at radius 2 is 1.46 bits per heavy atom. The zero-order chi connectivity index (χ0) is 19.1. The van der Waals surface area contributed by atoms with Crippen molar-refractivity contribution in [2.75, 3.05) is 0 Å². The average molecular weight is 362 g/mol. The largest absolute Gasteiger partial charge is 0.469 e. The highest BCUT2D eigenvalue weighted by Crippen LogP contribution is 2.44. The summed E-state index contributed by atoms with van der Waals surface area (Å²) in [5.74, 6) is 1.26. The molecular weight excluding hydrogens is 340 g/mol. The van der Waals surface area contributed by atoms with Crippen molar-refractivity contribution in [2.45, 2.75) is 19.8 Å². The standard InChI is InChI=1S/C27H22O/c1-18-12-13-24-23(21-16-17-28-19(21)2)14-15-26(24)27(18)25-11-7-6-10-22(25)20-8-4-3-5-9-20/h3-17,23H,1-2H3. The molecular formula is C27H22O. The van der Waals surface area contributed by atoms with E-state index in [1.54, 1.807) is 6.26 Å². The van der Waals surface area contributed by atoms with Gasteiger partial charge in [0, 0.05) is 11.5 Å². The lowest BCUT2D eigenvalue weighted by atomic mass is 9.85. The molecule has 1 aromatic heterocycles. The van der Waals surface area contributed by atoms with E-state index in [0.717, 1.165) is 5.76 Å². The topological polar surface area (TPSA) is 13.1 Å². The molecule has 0 bridgehead atoms. The van der Waals surface area contributed by atoms with Crippen LogP contribution >= 0.6 is 0 Å². The fourth-order valence-electron chi connectivity index (χ4n) is 4.41. The zero-order valence-corrected chi connectivity index (χ0v) is 16.1. The van der Waals surface area contributed by atoms with Crippen molar-refractivity contribution in [3.63, 3.8) is 0 Å². The zero-order valence-electron chi connectivity index (χ0n) is 16.1. The molecule has 136 valence electrons. The molecule has 0 radical (unpaired) electrons. The lowest BCUT2D eigenvalue weighted by Crippen LogP contribution is -1.99. The van der Waals surface area contributed by atoms with Crippen LogP contribution in [-0.4, -0.2) is 0 Å². The van der Waals surface area contributed by atoms with E-state index in [1.807, 2.05) is 6.92 Å². The Hall–Kier alpha value is -3.32. The summed E-state index contributed by atoms with van der Waals surface area (Å²) >= 11 is 0. The van der Waals surface area contributed by atoms with Gasteiger partial charge in [-0.25, -0.2) is 0 Å². The monoisotopic (exact) mass is 362 g/mol. The van der Waals surface area contributed by atoms with Crippen molar-refractivity contribution in [3.8, 4) is 22.3 Å². The van der Waals surface area contributed by atoms with Crippen LogP contribution in [0.15, 0.2) is 89.6 Å². The van der Waals surface area contributed by atoms with E-state index in [1.165, 1.54) is 44.5 Å². The summed E-state index contributed by atoms with van der Waals surface area (Å²) in [5.41, 5.74) is 10.4. The van der Waals surface area contributed by atoms with Gasteiger partial charge >= 0.3 is 0 Å². The number of aryl methyl sites for hydroxylation is 2. The number of hydrogen-bond acceptors (Lipinski definition) is 1. The van der Waals surface area contributed by atoms with E-state index in [0.29, 0.717) is 0 Å². The van der Waals surface area contributed by atoms with Crippen molar-refractivity contribution in [1.82, 2.24) is 0 Å². The molecule has 1 unspecified atom stereocenters. The van der Waals surface area contributed by atoms with Crippen LogP contribution < -0.4 is 0 Å². The molecule has 28 heavy (non-hydrogen) atoms. The molecule has 1 nitrogen and oxygen atoms in total. The summed E-state index contributed by atoms with van der Waals surface area (Å²) in [7, 11) is 0. The van der Waals surface area contributed by atoms with Gasteiger partial charge in [0.1, 0.15) is 5.76 Å². The van der Waals surface area contributed by atoms with Crippen molar-refractivity contribution in [3.05, 3.63) is 113 Å². The first-order valence-electron chi connectivity index (χ1n) is 9.74. The molecule has 1 heterocycles. The van der Waals surface area contributed by atoms with Crippen molar-refractivity contribution >= 4 is 6.08 Å². The molecule has 1 heteroatoms. The Kier molecular flexibility index (Phi) is 4.02. The van der Waals surface area contributed by atoms with Crippen LogP contribution in [0.2, 0.25) is 0 Å². The Morgan fingerprint density at radius 1 is 0.714 bits per heavy atom. The second kappa shape index (κ2) is 6.69. The first-order valence-corrected chi connectivity index (χ1v) is 9.74. The van der Waals surface area contributed by atoms with E-state index in [2.05, 4.69) is 91.9 Å². The third-order valence-electron chi connectivity index (χ3n) is 5.79. The minimum absolute atomic E-state index is 0.261. The minimum atomic E-state index is 0.261. The van der Waals surface area contributed by atoms with Gasteiger partial charge < -0.3 is 4.42 Å². The molecule has 1 aliphatic rings. The van der Waals surface area contributed by atoms with Gasteiger partial charge in [0.15, 0.2) is 0 Å². The summed E-state index contributed by atoms with van der Waals surface area (Å²) in [6.45, 7) is 4.25. The van der Waals surface area contributed by atoms with Crippen molar-refractivity contribution in [2.24, 2.45) is 0 Å². The third kappa shape index (κ3) is 2.63. The molecule has 0 aliphatic heterocycles. The lowest BCUT2D eigenvalue weighted by Gasteiger charge is -2.18. The number of hydrogen-bond donors (Lipinski definition) is 0. The second-order valence-corrected chi connectivity index (χ2v) is 7.44. The summed E-state index contributed by atoms with van der Waals surface area (Å²) in [6, 6.07) is 26.0. The number of rotatable bonds is 3. The highest BCUT2D eigenvalue weighted by atomic mass is 16.3. The highest BCUT2D eigenvalue weighted by molar-refractivity contribution is 5.91. The van der Waals surface area contributed by atoms with Gasteiger partial charge in [-0.1, -0.05) is 78.9 Å². The molecule has 5 rings (SSSR count). The van der Waals surface area contributed by atoms with Crippen molar-refractivity contribution < 1.29 is 4.42 Å². The lowest BCUT2D eigenvalue weighted by molar-refractivity contribution is 0.529. The van der Waals surface area contributed by atoms with Gasteiger partial charge in [-0.15, -0.1) is 0 Å². The maximum Gasteiger partial charge on any atom is 0.104 e. The second-order valence-electron chi connectivity index (χ2n) is 7.44. The Balaban J connectivity index is 1.72. The van der Waals surface area contributed by atoms with E-state index in [9.17, 15) is 0 Å². The number of furan rings is 1. The molecule has 0 saturated heterocycles. The van der Waals surface area contributed by atoms with E-state index < -0.39 is 0 Å². The Labute approximate surface area is 166 Å². The quantitative estimate of drug-likeness (QED) is 0.370. The van der Waals surface area contributed by atoms with Crippen LogP contribution in [0.4, 0.5) is 0 Å². The molecule has 1 atom stereocenters. The molecule has 0 N–H and O–H groups in total. The predicted molar refractivity (Wildman–Crippen MR) is 116 cm³/mol. The van der Waals surface area contributed by atoms with E-state index in [-0.39, 0.29) is 5.92 Å². The SMILES string of the molecule is Cc1ccc2c(c1-c1ccccc1-c1ccccc1)C=CC2c1ccoc1C. The maximum absolute atomic E-state index is 5.57. The van der Waals surface area contributed by atoms with Gasteiger partial charge in [-0.2, -0.15) is 0 Å². The number of allylic oxidation sites excluding steroid dienone is 1. The third-order valence-corrected chi connectivity index (χ3v) is 5.79. The molecule has 0 fully saturated rings. The first kappa shape index (κ1) is 16.8. The predicted octanol–water partition coefficient (Wildman–Crippen LogP) is 7.39. The van der Waals surface area contributed by atoms with E-state index >= 15 is 0 Å². The van der Waals surface area contributed by atoms with Gasteiger partial charge in [0.2, 0.25) is 0 Å². The normalized spacial score (nSPS) is 15.0. The van der Waals surface area contributed by atoms with Crippen LogP contribution in [0.25, 0.3) is 28.3 Å². The fraction of sp³-hybridized carbons (Fsp3) is 0.111. The van der Waals surface area contributed by atoms with Crippen LogP contribution in [-0.2, 0) is 0 Å². The number of fused-ring (bicyclic) bond motifs is 1. The van der Waals surface area contributed by atoms with Gasteiger partial charge in [0.25, 0.3) is 0 Å². The fourth-order valence-corrected chi connectivity index (χ4v) is 4.41. The molecule has 4 aromatic rings. The first-order chi connectivity index (χ1) is 13.7. The molecule has 3 aromatic carbocycles. The van der Waals surface area contributed by atoms with Gasteiger partial charge in [0.05, 0.1) is 6.26 Å². The van der Waals surface area contributed by atoms with Gasteiger partial charge in [-0.05, 0) is 58.9 Å². The molecule has 1 aliphatic carbocycles.